The molecule has 2 aromatic rings. The van der Waals surface area contributed by atoms with Crippen molar-refractivity contribution < 1.29 is 0 Å². The van der Waals surface area contributed by atoms with Crippen LogP contribution in [0.2, 0.25) is 10.0 Å². The fourth-order valence-electron chi connectivity index (χ4n) is 2.08. The van der Waals surface area contributed by atoms with Crippen molar-refractivity contribution in [3.8, 4) is 0 Å². The third-order valence-electron chi connectivity index (χ3n) is 3.05. The van der Waals surface area contributed by atoms with E-state index in [0.717, 1.165) is 18.5 Å². The third-order valence-corrected chi connectivity index (χ3v) is 4.79. The van der Waals surface area contributed by atoms with Gasteiger partial charge in [0.05, 0.1) is 6.04 Å². The molecule has 1 unspecified atom stereocenters. The predicted molar refractivity (Wildman–Crippen MR) is 85.7 cm³/mol. The summed E-state index contributed by atoms with van der Waals surface area (Å²) in [5, 5.41) is 7.09. The zero-order chi connectivity index (χ0) is 13.8. The van der Waals surface area contributed by atoms with E-state index in [1.807, 2.05) is 18.2 Å². The molecule has 0 saturated carbocycles. The lowest BCUT2D eigenvalue weighted by Gasteiger charge is -2.21. The van der Waals surface area contributed by atoms with Gasteiger partial charge in [0.1, 0.15) is 0 Å². The maximum atomic E-state index is 6.35. The first-order valence-corrected chi connectivity index (χ1v) is 8.00. The predicted octanol–water partition coefficient (Wildman–Crippen LogP) is 5.45. The van der Waals surface area contributed by atoms with Gasteiger partial charge in [0.25, 0.3) is 0 Å². The zero-order valence-electron chi connectivity index (χ0n) is 11.0. The molecule has 102 valence electrons. The fourth-order valence-corrected chi connectivity index (χ4v) is 3.71. The smallest absolute Gasteiger partial charge is 0.0703 e. The minimum Gasteiger partial charge on any atom is -0.305 e. The molecule has 2 rings (SSSR count). The van der Waals surface area contributed by atoms with Crippen LogP contribution in [0.3, 0.4) is 0 Å². The van der Waals surface area contributed by atoms with E-state index in [1.165, 1.54) is 10.4 Å². The SMILES string of the molecule is CCCNC(c1sccc1C)c1c(Cl)cccc1Cl. The van der Waals surface area contributed by atoms with Gasteiger partial charge in [-0.15, -0.1) is 11.3 Å². The molecule has 19 heavy (non-hydrogen) atoms. The molecule has 1 nitrogen and oxygen atoms in total. The van der Waals surface area contributed by atoms with Gasteiger partial charge < -0.3 is 5.32 Å². The molecule has 0 spiro atoms. The molecule has 0 amide bonds. The number of hydrogen-bond donors (Lipinski definition) is 1. The van der Waals surface area contributed by atoms with Crippen LogP contribution >= 0.6 is 34.5 Å². The Morgan fingerprint density at radius 1 is 1.21 bits per heavy atom. The number of hydrogen-bond acceptors (Lipinski definition) is 2. The maximum Gasteiger partial charge on any atom is 0.0703 e. The van der Waals surface area contributed by atoms with E-state index in [2.05, 4.69) is 30.6 Å². The van der Waals surface area contributed by atoms with E-state index in [-0.39, 0.29) is 6.04 Å². The average molecular weight is 314 g/mol. The van der Waals surface area contributed by atoms with Gasteiger partial charge in [0.2, 0.25) is 0 Å². The first kappa shape index (κ1) is 14.9. The third kappa shape index (κ3) is 3.32. The molecule has 0 fully saturated rings. The van der Waals surface area contributed by atoms with E-state index in [9.17, 15) is 0 Å². The Kier molecular flexibility index (Phi) is 5.28. The second kappa shape index (κ2) is 6.76. The lowest BCUT2D eigenvalue weighted by molar-refractivity contribution is 0.604. The van der Waals surface area contributed by atoms with Crippen molar-refractivity contribution in [2.24, 2.45) is 0 Å². The number of nitrogens with one attached hydrogen (secondary N) is 1. The molecule has 4 heteroatoms. The van der Waals surface area contributed by atoms with Gasteiger partial charge in [0, 0.05) is 20.5 Å². The molecule has 0 aliphatic rings. The van der Waals surface area contributed by atoms with E-state index < -0.39 is 0 Å². The van der Waals surface area contributed by atoms with E-state index in [4.69, 9.17) is 23.2 Å². The van der Waals surface area contributed by atoms with Gasteiger partial charge in [-0.1, -0.05) is 36.2 Å². The van der Waals surface area contributed by atoms with Crippen molar-refractivity contribution in [3.63, 3.8) is 0 Å². The molecule has 0 bridgehead atoms. The molecule has 0 radical (unpaired) electrons. The highest BCUT2D eigenvalue weighted by molar-refractivity contribution is 7.10. The first-order chi connectivity index (χ1) is 9.15. The molecular formula is C15H17Cl2NS. The molecular weight excluding hydrogens is 297 g/mol. The van der Waals surface area contributed by atoms with Gasteiger partial charge in [-0.05, 0) is 49.0 Å². The van der Waals surface area contributed by atoms with Gasteiger partial charge in [-0.3, -0.25) is 0 Å². The summed E-state index contributed by atoms with van der Waals surface area (Å²) in [4.78, 5) is 1.28. The molecule has 0 aliphatic heterocycles. The molecule has 0 saturated heterocycles. The standard InChI is InChI=1S/C15H17Cl2NS/c1-3-8-18-14(15-10(2)7-9-19-15)13-11(16)5-4-6-12(13)17/h4-7,9,14,18H,3,8H2,1-2H3. The monoisotopic (exact) mass is 313 g/mol. The van der Waals surface area contributed by atoms with Gasteiger partial charge >= 0.3 is 0 Å². The first-order valence-electron chi connectivity index (χ1n) is 6.36. The van der Waals surface area contributed by atoms with Crippen LogP contribution < -0.4 is 5.32 Å². The molecule has 1 aromatic heterocycles. The lowest BCUT2D eigenvalue weighted by Crippen LogP contribution is -2.23. The number of rotatable bonds is 5. The molecule has 1 heterocycles. The zero-order valence-corrected chi connectivity index (χ0v) is 13.4. The van der Waals surface area contributed by atoms with Crippen molar-refractivity contribution in [2.45, 2.75) is 26.3 Å². The minimum absolute atomic E-state index is 0.0705. The van der Waals surface area contributed by atoms with Gasteiger partial charge in [-0.25, -0.2) is 0 Å². The van der Waals surface area contributed by atoms with Crippen molar-refractivity contribution in [3.05, 3.63) is 55.7 Å². The summed E-state index contributed by atoms with van der Waals surface area (Å²) in [5.74, 6) is 0. The quantitative estimate of drug-likeness (QED) is 0.773. The van der Waals surface area contributed by atoms with Crippen molar-refractivity contribution in [1.29, 1.82) is 0 Å². The van der Waals surface area contributed by atoms with Crippen LogP contribution in [0.1, 0.15) is 35.4 Å². The van der Waals surface area contributed by atoms with Crippen LogP contribution in [0.25, 0.3) is 0 Å². The molecule has 0 aliphatic carbocycles. The topological polar surface area (TPSA) is 12.0 Å². The molecule has 1 atom stereocenters. The second-order valence-corrected chi connectivity index (χ2v) is 6.25. The summed E-state index contributed by atoms with van der Waals surface area (Å²) in [6, 6.07) is 7.87. The highest BCUT2D eigenvalue weighted by atomic mass is 35.5. The van der Waals surface area contributed by atoms with Crippen molar-refractivity contribution in [1.82, 2.24) is 5.32 Å². The van der Waals surface area contributed by atoms with Crippen LogP contribution in [-0.4, -0.2) is 6.54 Å². The molecule has 1 aromatic carbocycles. The molecule has 1 N–H and O–H groups in total. The summed E-state index contributed by atoms with van der Waals surface area (Å²) in [7, 11) is 0. The van der Waals surface area contributed by atoms with Crippen LogP contribution in [0, 0.1) is 6.92 Å². The van der Waals surface area contributed by atoms with Crippen molar-refractivity contribution in [2.75, 3.05) is 6.54 Å². The Labute approximate surface area is 128 Å². The van der Waals surface area contributed by atoms with E-state index in [1.54, 1.807) is 11.3 Å². The maximum absolute atomic E-state index is 6.35. The Bertz CT molecular complexity index is 531. The fraction of sp³-hybridized carbons (Fsp3) is 0.333. The van der Waals surface area contributed by atoms with E-state index >= 15 is 0 Å². The summed E-state index contributed by atoms with van der Waals surface area (Å²) < 4.78 is 0. The second-order valence-electron chi connectivity index (χ2n) is 4.49. The van der Waals surface area contributed by atoms with Crippen molar-refractivity contribution >= 4 is 34.5 Å². The number of benzene rings is 1. The number of aryl methyl sites for hydroxylation is 1. The van der Waals surface area contributed by atoms with Crippen LogP contribution in [-0.2, 0) is 0 Å². The van der Waals surface area contributed by atoms with Crippen LogP contribution in [0.15, 0.2) is 29.6 Å². The van der Waals surface area contributed by atoms with Crippen LogP contribution in [0.5, 0.6) is 0 Å². The Morgan fingerprint density at radius 3 is 2.42 bits per heavy atom. The normalized spacial score (nSPS) is 12.6. The minimum atomic E-state index is 0.0705. The Hall–Kier alpha value is -0.540. The summed E-state index contributed by atoms with van der Waals surface area (Å²) >= 11 is 14.4. The van der Waals surface area contributed by atoms with Gasteiger partial charge in [0.15, 0.2) is 0 Å². The largest absolute Gasteiger partial charge is 0.305 e. The Morgan fingerprint density at radius 2 is 1.89 bits per heavy atom. The summed E-state index contributed by atoms with van der Waals surface area (Å²) in [6.07, 6.45) is 1.07. The highest BCUT2D eigenvalue weighted by Crippen LogP contribution is 2.37. The average Bonchev–Trinajstić information content (AvgIpc) is 2.79. The number of thiophene rings is 1. The van der Waals surface area contributed by atoms with Crippen LogP contribution in [0.4, 0.5) is 0 Å². The number of halogens is 2. The summed E-state index contributed by atoms with van der Waals surface area (Å²) in [5.41, 5.74) is 2.25. The highest BCUT2D eigenvalue weighted by Gasteiger charge is 2.21. The Balaban J connectivity index is 2.46. The summed E-state index contributed by atoms with van der Waals surface area (Å²) in [6.45, 7) is 5.21. The van der Waals surface area contributed by atoms with Gasteiger partial charge in [-0.2, -0.15) is 0 Å². The van der Waals surface area contributed by atoms with E-state index in [0.29, 0.717) is 10.0 Å². The lowest BCUT2D eigenvalue weighted by atomic mass is 10.0.